The zero-order valence-corrected chi connectivity index (χ0v) is 15.5. The van der Waals surface area contributed by atoms with Gasteiger partial charge in [-0.05, 0) is 55.9 Å². The van der Waals surface area contributed by atoms with Gasteiger partial charge in [0.1, 0.15) is 5.75 Å². The van der Waals surface area contributed by atoms with Crippen molar-refractivity contribution < 1.29 is 9.53 Å². The van der Waals surface area contributed by atoms with Crippen LogP contribution in [0.25, 0.3) is 0 Å². The topological polar surface area (TPSA) is 44.8 Å². The van der Waals surface area contributed by atoms with Gasteiger partial charge < -0.3 is 15.0 Å². The van der Waals surface area contributed by atoms with Gasteiger partial charge in [0.15, 0.2) is 0 Å². The molecule has 0 radical (unpaired) electrons. The number of benzene rings is 2. The van der Waals surface area contributed by atoms with Crippen molar-refractivity contribution in [3.05, 3.63) is 54.1 Å². The molecule has 2 aromatic rings. The highest BCUT2D eigenvalue weighted by Gasteiger charge is 2.08. The molecule has 25 heavy (non-hydrogen) atoms. The van der Waals surface area contributed by atoms with Crippen LogP contribution in [0.5, 0.6) is 5.75 Å². The van der Waals surface area contributed by atoms with Crippen LogP contribution in [0.4, 0.5) is 11.4 Å². The van der Waals surface area contributed by atoms with Crippen LogP contribution in [0.3, 0.4) is 0 Å². The van der Waals surface area contributed by atoms with Crippen LogP contribution in [0.15, 0.2) is 48.5 Å². The minimum absolute atomic E-state index is 0.0310. The van der Waals surface area contributed by atoms with Gasteiger partial charge in [-0.2, -0.15) is 0 Å². The number of hydrogen-bond acceptors (Lipinski definition) is 4. The summed E-state index contributed by atoms with van der Waals surface area (Å²) in [4.78, 5) is 16.2. The third-order valence-electron chi connectivity index (χ3n) is 3.77. The summed E-state index contributed by atoms with van der Waals surface area (Å²) >= 11 is 0. The summed E-state index contributed by atoms with van der Waals surface area (Å²) in [7, 11) is 5.98. The Bertz CT molecular complexity index is 666. The van der Waals surface area contributed by atoms with Gasteiger partial charge in [-0.25, -0.2) is 0 Å². The Kier molecular flexibility index (Phi) is 6.83. The van der Waals surface area contributed by atoms with E-state index in [1.807, 2.05) is 57.2 Å². The van der Waals surface area contributed by atoms with Crippen LogP contribution in [0.2, 0.25) is 0 Å². The van der Waals surface area contributed by atoms with Gasteiger partial charge in [-0.3, -0.25) is 9.69 Å². The first-order chi connectivity index (χ1) is 12.0. The number of hydrogen-bond donors (Lipinski definition) is 1. The minimum atomic E-state index is -0.0310. The predicted molar refractivity (Wildman–Crippen MR) is 103 cm³/mol. The second kappa shape index (κ2) is 9.08. The van der Waals surface area contributed by atoms with Crippen LogP contribution in [0.1, 0.15) is 12.5 Å². The number of nitrogens with zero attached hydrogens (tertiary/aromatic N) is 2. The molecule has 0 aliphatic rings. The quantitative estimate of drug-likeness (QED) is 0.801. The number of likely N-dealkylation sites (N-methyl/N-ethyl adjacent to an activating group) is 1. The summed E-state index contributed by atoms with van der Waals surface area (Å²) in [6.07, 6.45) is 0. The van der Waals surface area contributed by atoms with E-state index >= 15 is 0 Å². The second-order valence-corrected chi connectivity index (χ2v) is 6.24. The Labute approximate surface area is 150 Å². The molecule has 0 spiro atoms. The zero-order chi connectivity index (χ0) is 18.2. The van der Waals surface area contributed by atoms with Gasteiger partial charge >= 0.3 is 0 Å². The summed E-state index contributed by atoms with van der Waals surface area (Å²) < 4.78 is 5.40. The van der Waals surface area contributed by atoms with E-state index in [1.54, 1.807) is 0 Å². The average molecular weight is 341 g/mol. The maximum Gasteiger partial charge on any atom is 0.238 e. The Morgan fingerprint density at radius 2 is 1.64 bits per heavy atom. The highest BCUT2D eigenvalue weighted by atomic mass is 16.5. The lowest BCUT2D eigenvalue weighted by Crippen LogP contribution is -2.29. The fourth-order valence-corrected chi connectivity index (χ4v) is 2.51. The van der Waals surface area contributed by atoms with Crippen LogP contribution < -0.4 is 15.0 Å². The van der Waals surface area contributed by atoms with E-state index in [1.165, 1.54) is 11.3 Å². The molecule has 0 heterocycles. The standard InChI is InChI=1S/C20H27N3O2/c1-5-25-19-12-8-17(9-13-19)21-20(24)15-23(4)14-16-6-10-18(11-7-16)22(2)3/h6-13H,5,14-15H2,1-4H3,(H,21,24). The molecule has 0 unspecified atom stereocenters. The van der Waals surface area contributed by atoms with E-state index in [0.29, 0.717) is 13.2 Å². The Balaban J connectivity index is 1.82. The van der Waals surface area contributed by atoms with E-state index in [4.69, 9.17) is 4.74 Å². The van der Waals surface area contributed by atoms with E-state index in [9.17, 15) is 4.79 Å². The van der Waals surface area contributed by atoms with E-state index in [2.05, 4.69) is 34.5 Å². The minimum Gasteiger partial charge on any atom is -0.494 e. The van der Waals surface area contributed by atoms with Crippen LogP contribution in [-0.4, -0.2) is 45.1 Å². The second-order valence-electron chi connectivity index (χ2n) is 6.24. The van der Waals surface area contributed by atoms with Gasteiger partial charge in [0, 0.05) is 32.0 Å². The first-order valence-corrected chi connectivity index (χ1v) is 8.45. The van der Waals surface area contributed by atoms with Crippen molar-refractivity contribution in [2.45, 2.75) is 13.5 Å². The normalized spacial score (nSPS) is 10.6. The molecule has 0 saturated carbocycles. The fourth-order valence-electron chi connectivity index (χ4n) is 2.51. The summed E-state index contributed by atoms with van der Waals surface area (Å²) in [5, 5.41) is 2.91. The van der Waals surface area contributed by atoms with Gasteiger partial charge in [-0.15, -0.1) is 0 Å². The molecule has 2 rings (SSSR count). The number of carbonyl (C=O) groups is 1. The number of anilines is 2. The first-order valence-electron chi connectivity index (χ1n) is 8.45. The van der Waals surface area contributed by atoms with Crippen LogP contribution in [-0.2, 0) is 11.3 Å². The van der Waals surface area contributed by atoms with Gasteiger partial charge in [0.05, 0.1) is 13.2 Å². The number of amides is 1. The number of nitrogens with one attached hydrogen (secondary N) is 1. The lowest BCUT2D eigenvalue weighted by molar-refractivity contribution is -0.117. The molecule has 5 nitrogen and oxygen atoms in total. The van der Waals surface area contributed by atoms with E-state index in [0.717, 1.165) is 18.0 Å². The van der Waals surface area contributed by atoms with Crippen LogP contribution in [0, 0.1) is 0 Å². The molecule has 1 amide bonds. The number of rotatable bonds is 8. The summed E-state index contributed by atoms with van der Waals surface area (Å²) in [6, 6.07) is 15.8. The molecule has 0 atom stereocenters. The molecule has 0 aromatic heterocycles. The molecule has 0 aliphatic carbocycles. The monoisotopic (exact) mass is 341 g/mol. The molecular weight excluding hydrogens is 314 g/mol. The Hall–Kier alpha value is -2.53. The third kappa shape index (κ3) is 6.12. The van der Waals surface area contributed by atoms with Crippen molar-refractivity contribution in [1.82, 2.24) is 4.90 Å². The van der Waals surface area contributed by atoms with Crippen molar-refractivity contribution in [1.29, 1.82) is 0 Å². The highest BCUT2D eigenvalue weighted by molar-refractivity contribution is 5.92. The largest absolute Gasteiger partial charge is 0.494 e. The molecule has 5 heteroatoms. The third-order valence-corrected chi connectivity index (χ3v) is 3.77. The predicted octanol–water partition coefficient (Wildman–Crippen LogP) is 3.22. The Morgan fingerprint density at radius 1 is 1.00 bits per heavy atom. The molecular formula is C20H27N3O2. The van der Waals surface area contributed by atoms with Crippen molar-refractivity contribution >= 4 is 17.3 Å². The number of ether oxygens (including phenoxy) is 1. The van der Waals surface area contributed by atoms with Gasteiger partial charge in [0.2, 0.25) is 5.91 Å². The molecule has 0 saturated heterocycles. The number of carbonyl (C=O) groups excluding carboxylic acids is 1. The molecule has 2 aromatic carbocycles. The average Bonchev–Trinajstić information content (AvgIpc) is 2.57. The molecule has 134 valence electrons. The fraction of sp³-hybridized carbons (Fsp3) is 0.350. The highest BCUT2D eigenvalue weighted by Crippen LogP contribution is 2.16. The molecule has 0 aliphatic heterocycles. The first kappa shape index (κ1) is 18.8. The van der Waals surface area contributed by atoms with Gasteiger partial charge in [-0.1, -0.05) is 12.1 Å². The van der Waals surface area contributed by atoms with Gasteiger partial charge in [0.25, 0.3) is 0 Å². The summed E-state index contributed by atoms with van der Waals surface area (Å²) in [6.45, 7) is 3.64. The molecule has 0 bridgehead atoms. The lowest BCUT2D eigenvalue weighted by atomic mass is 10.2. The molecule has 0 fully saturated rings. The maximum absolute atomic E-state index is 12.2. The van der Waals surface area contributed by atoms with Crippen molar-refractivity contribution in [2.75, 3.05) is 44.5 Å². The van der Waals surface area contributed by atoms with Crippen molar-refractivity contribution in [3.63, 3.8) is 0 Å². The summed E-state index contributed by atoms with van der Waals surface area (Å²) in [5.74, 6) is 0.773. The van der Waals surface area contributed by atoms with E-state index < -0.39 is 0 Å². The summed E-state index contributed by atoms with van der Waals surface area (Å²) in [5.41, 5.74) is 3.12. The SMILES string of the molecule is CCOc1ccc(NC(=O)CN(C)Cc2ccc(N(C)C)cc2)cc1. The van der Waals surface area contributed by atoms with E-state index in [-0.39, 0.29) is 5.91 Å². The van der Waals surface area contributed by atoms with Crippen LogP contribution >= 0.6 is 0 Å². The Morgan fingerprint density at radius 3 is 2.20 bits per heavy atom. The van der Waals surface area contributed by atoms with Crippen molar-refractivity contribution in [3.8, 4) is 5.75 Å². The lowest BCUT2D eigenvalue weighted by Gasteiger charge is -2.18. The van der Waals surface area contributed by atoms with Crippen molar-refractivity contribution in [2.24, 2.45) is 0 Å². The smallest absolute Gasteiger partial charge is 0.238 e. The molecule has 1 N–H and O–H groups in total. The maximum atomic E-state index is 12.2. The zero-order valence-electron chi connectivity index (χ0n) is 15.5.